The van der Waals surface area contributed by atoms with Crippen molar-refractivity contribution in [2.45, 2.75) is 6.42 Å². The smallest absolute Gasteiger partial charge is 0.0528 e. The van der Waals surface area contributed by atoms with Crippen molar-refractivity contribution in [3.63, 3.8) is 0 Å². The second-order valence-corrected chi connectivity index (χ2v) is 6.02. The van der Waals surface area contributed by atoms with Gasteiger partial charge in [0.2, 0.25) is 0 Å². The molecule has 1 aliphatic rings. The van der Waals surface area contributed by atoms with Crippen LogP contribution < -0.4 is 0 Å². The van der Waals surface area contributed by atoms with E-state index in [0.717, 1.165) is 6.42 Å². The molecule has 1 aliphatic carbocycles. The second kappa shape index (κ2) is 5.97. The maximum atomic E-state index is 4.93. The van der Waals surface area contributed by atoms with Crippen molar-refractivity contribution in [1.82, 2.24) is 0 Å². The minimum Gasteiger partial charge on any atom is -0.147 e. The van der Waals surface area contributed by atoms with E-state index >= 15 is 0 Å². The van der Waals surface area contributed by atoms with E-state index in [4.69, 9.17) is 17.0 Å². The number of allylic oxidation sites excluding steroid dienone is 1. The van der Waals surface area contributed by atoms with Crippen LogP contribution in [0.5, 0.6) is 0 Å². The molecule has 0 amide bonds. The van der Waals surface area contributed by atoms with Crippen molar-refractivity contribution in [3.8, 4) is 0 Å². The maximum Gasteiger partial charge on any atom is -0.0528 e. The van der Waals surface area contributed by atoms with E-state index in [1.165, 1.54) is 11.1 Å². The molecule has 0 fully saturated rings. The average molecular weight is 277 g/mol. The number of hydrogen-bond acceptors (Lipinski definition) is 0. The van der Waals surface area contributed by atoms with Crippen molar-refractivity contribution in [1.29, 1.82) is 0 Å². The predicted octanol–water partition coefficient (Wildman–Crippen LogP) is 3.43. The molecule has 0 radical (unpaired) electrons. The molecular formula is C9H7Cl2Zr-. The van der Waals surface area contributed by atoms with Gasteiger partial charge in [0.15, 0.2) is 0 Å². The molecule has 0 saturated carbocycles. The largest absolute Gasteiger partial charge is 0.147 e. The Morgan fingerprint density at radius 2 is 2.17 bits per heavy atom. The van der Waals surface area contributed by atoms with Gasteiger partial charge in [0.25, 0.3) is 0 Å². The van der Waals surface area contributed by atoms with E-state index in [1.807, 2.05) is 12.1 Å². The molecule has 0 N–H and O–H groups in total. The van der Waals surface area contributed by atoms with Crippen LogP contribution in [-0.4, -0.2) is 0 Å². The predicted molar refractivity (Wildman–Crippen MR) is 49.7 cm³/mol. The Kier molecular flexibility index (Phi) is 5.22. The van der Waals surface area contributed by atoms with Crippen LogP contribution in [-0.2, 0) is 27.3 Å². The van der Waals surface area contributed by atoms with Gasteiger partial charge in [-0.25, -0.2) is 0 Å². The fraction of sp³-hybridized carbons (Fsp3) is 0.111. The molecule has 0 atom stereocenters. The van der Waals surface area contributed by atoms with Crippen molar-refractivity contribution < 1.29 is 20.8 Å². The van der Waals surface area contributed by atoms with Gasteiger partial charge < -0.3 is 0 Å². The Morgan fingerprint density at radius 1 is 1.42 bits per heavy atom. The number of fused-ring (bicyclic) bond motifs is 1. The van der Waals surface area contributed by atoms with E-state index in [0.29, 0.717) is 0 Å². The first kappa shape index (κ1) is 10.5. The minimum absolute atomic E-state index is 0.826. The van der Waals surface area contributed by atoms with Gasteiger partial charge in [-0.3, -0.25) is 0 Å². The molecule has 1 aromatic carbocycles. The molecule has 3 heteroatoms. The van der Waals surface area contributed by atoms with Crippen LogP contribution in [0.25, 0.3) is 6.08 Å². The van der Waals surface area contributed by atoms with Crippen LogP contribution in [0.4, 0.5) is 0 Å². The summed E-state index contributed by atoms with van der Waals surface area (Å²) in [5.74, 6) is 0. The number of benzene rings is 1. The summed E-state index contributed by atoms with van der Waals surface area (Å²) in [5.41, 5.74) is 2.66. The standard InChI is InChI=1S/C9H7.2ClH.Zr/c1-2-5-9-7-3-6-8(9)4-1;;;/h1-4,7H,6H2;2*1H;/q-1;;;+2/p-2. The molecule has 0 spiro atoms. The summed E-state index contributed by atoms with van der Waals surface area (Å²) in [6.45, 7) is 0. The van der Waals surface area contributed by atoms with Crippen molar-refractivity contribution in [3.05, 3.63) is 41.5 Å². The van der Waals surface area contributed by atoms with Crippen molar-refractivity contribution >= 4 is 23.1 Å². The molecule has 1 aromatic rings. The molecule has 0 unspecified atom stereocenters. The first-order chi connectivity index (χ1) is 5.88. The Bertz CT molecular complexity index is 271. The molecule has 0 heterocycles. The Hall–Kier alpha value is 0.423. The summed E-state index contributed by atoms with van der Waals surface area (Å²) in [5, 5.41) is 0. The molecule has 0 aromatic heterocycles. The topological polar surface area (TPSA) is 0 Å². The van der Waals surface area contributed by atoms with Gasteiger partial charge in [0, 0.05) is 0 Å². The molecule has 0 saturated heterocycles. The van der Waals surface area contributed by atoms with E-state index < -0.39 is 20.8 Å². The van der Waals surface area contributed by atoms with E-state index in [2.05, 4.69) is 24.3 Å². The number of hydrogen-bond donors (Lipinski definition) is 0. The molecule has 0 bridgehead atoms. The fourth-order valence-electron chi connectivity index (χ4n) is 1.12. The zero-order chi connectivity index (χ0) is 8.81. The van der Waals surface area contributed by atoms with E-state index in [1.54, 1.807) is 0 Å². The third kappa shape index (κ3) is 3.05. The van der Waals surface area contributed by atoms with Crippen LogP contribution in [0.1, 0.15) is 11.1 Å². The van der Waals surface area contributed by atoms with Crippen LogP contribution in [0.2, 0.25) is 0 Å². The third-order valence-corrected chi connectivity index (χ3v) is 1.60. The first-order valence-electron chi connectivity index (χ1n) is 3.51. The quantitative estimate of drug-likeness (QED) is 0.637. The van der Waals surface area contributed by atoms with Crippen molar-refractivity contribution in [2.75, 3.05) is 0 Å². The van der Waals surface area contributed by atoms with Gasteiger partial charge in [-0.15, -0.1) is 47.5 Å². The summed E-state index contributed by atoms with van der Waals surface area (Å²) in [6.07, 6.45) is 5.38. The summed E-state index contributed by atoms with van der Waals surface area (Å²) < 4.78 is 0. The first-order valence-corrected chi connectivity index (χ1v) is 9.84. The van der Waals surface area contributed by atoms with Crippen LogP contribution >= 0.6 is 17.0 Å². The van der Waals surface area contributed by atoms with Gasteiger partial charge in [-0.1, -0.05) is 6.42 Å². The van der Waals surface area contributed by atoms with Gasteiger partial charge in [-0.2, -0.15) is 0 Å². The second-order valence-electron chi connectivity index (χ2n) is 2.29. The maximum absolute atomic E-state index is 4.93. The molecule has 12 heavy (non-hydrogen) atoms. The van der Waals surface area contributed by atoms with Gasteiger partial charge >= 0.3 is 37.9 Å². The fourth-order valence-corrected chi connectivity index (χ4v) is 1.12. The summed E-state index contributed by atoms with van der Waals surface area (Å²) in [7, 11) is 9.87. The zero-order valence-electron chi connectivity index (χ0n) is 6.35. The monoisotopic (exact) mass is 275 g/mol. The van der Waals surface area contributed by atoms with Crippen LogP contribution in [0.15, 0.2) is 24.3 Å². The number of halogens is 2. The Morgan fingerprint density at radius 3 is 2.83 bits per heavy atom. The van der Waals surface area contributed by atoms with E-state index in [-0.39, 0.29) is 0 Å². The molecule has 0 nitrogen and oxygen atoms in total. The van der Waals surface area contributed by atoms with Crippen molar-refractivity contribution in [2.24, 2.45) is 0 Å². The van der Waals surface area contributed by atoms with Crippen LogP contribution in [0.3, 0.4) is 0 Å². The molecule has 0 aliphatic heterocycles. The number of rotatable bonds is 0. The minimum atomic E-state index is -0.826. The summed E-state index contributed by atoms with van der Waals surface area (Å²) in [4.78, 5) is 0. The molecule has 62 valence electrons. The Labute approximate surface area is 91.2 Å². The third-order valence-electron chi connectivity index (χ3n) is 1.60. The summed E-state index contributed by atoms with van der Waals surface area (Å²) in [6, 6.07) is 9.29. The van der Waals surface area contributed by atoms with Gasteiger partial charge in [0.05, 0.1) is 0 Å². The zero-order valence-corrected chi connectivity index (χ0v) is 10.3. The van der Waals surface area contributed by atoms with E-state index in [9.17, 15) is 0 Å². The van der Waals surface area contributed by atoms with Gasteiger partial charge in [0.1, 0.15) is 0 Å². The van der Waals surface area contributed by atoms with Gasteiger partial charge in [-0.05, 0) is 0 Å². The van der Waals surface area contributed by atoms with Crippen LogP contribution in [0, 0.1) is 6.07 Å². The average Bonchev–Trinajstić information content (AvgIpc) is 2.52. The normalized spacial score (nSPS) is 11.5. The molecule has 2 rings (SSSR count). The Balaban J connectivity index is 0.000000213. The SMILES string of the molecule is [Cl][Zr][Cl].[c-]1cccc2c1C=CC2. The summed E-state index contributed by atoms with van der Waals surface area (Å²) >= 11 is -0.826. The molecular weight excluding hydrogens is 270 g/mol.